The van der Waals surface area contributed by atoms with Crippen molar-refractivity contribution in [2.45, 2.75) is 26.0 Å². The van der Waals surface area contributed by atoms with E-state index in [1.807, 2.05) is 12.1 Å². The molecule has 0 saturated carbocycles. The van der Waals surface area contributed by atoms with Crippen LogP contribution < -0.4 is 5.32 Å². The summed E-state index contributed by atoms with van der Waals surface area (Å²) in [6.45, 7) is 5.00. The van der Waals surface area contributed by atoms with Gasteiger partial charge in [0.1, 0.15) is 0 Å². The van der Waals surface area contributed by atoms with Crippen molar-refractivity contribution in [1.82, 2.24) is 15.2 Å². The normalized spacial score (nSPS) is 15.8. The number of hydrogen-bond acceptors (Lipinski definition) is 3. The molecule has 2 aromatic rings. The molecular formula is C19H24N4O. The van der Waals surface area contributed by atoms with Crippen LogP contribution in [0.1, 0.15) is 29.7 Å². The number of benzene rings is 1. The number of rotatable bonds is 4. The summed E-state index contributed by atoms with van der Waals surface area (Å²) in [7, 11) is 0. The second-order valence-electron chi connectivity index (χ2n) is 5.93. The number of nitrogens with zero attached hydrogens (tertiary/aromatic N) is 3. The Morgan fingerprint density at radius 2 is 2.00 bits per heavy atom. The third kappa shape index (κ3) is 3.92. The van der Waals surface area contributed by atoms with Crippen LogP contribution in [0.4, 0.5) is 0 Å². The summed E-state index contributed by atoms with van der Waals surface area (Å²) in [5.74, 6) is 0.861. The summed E-state index contributed by atoms with van der Waals surface area (Å²) in [6.07, 6.45) is 3.79. The van der Waals surface area contributed by atoms with E-state index in [9.17, 15) is 5.11 Å². The zero-order chi connectivity index (χ0) is 16.8. The molecule has 0 spiro atoms. The van der Waals surface area contributed by atoms with Crippen molar-refractivity contribution in [1.29, 1.82) is 0 Å². The van der Waals surface area contributed by atoms with E-state index in [0.717, 1.165) is 37.6 Å². The van der Waals surface area contributed by atoms with Crippen molar-refractivity contribution >= 4 is 5.96 Å². The molecule has 126 valence electrons. The largest absolute Gasteiger partial charge is 0.386 e. The molecule has 1 aliphatic heterocycles. The number of guanidine groups is 1. The molecule has 1 aromatic heterocycles. The summed E-state index contributed by atoms with van der Waals surface area (Å²) in [5, 5.41) is 13.7. The maximum Gasteiger partial charge on any atom is 0.194 e. The van der Waals surface area contributed by atoms with Crippen LogP contribution in [0.25, 0.3) is 0 Å². The molecule has 3 rings (SSSR count). The average Bonchev–Trinajstić information content (AvgIpc) is 2.65. The van der Waals surface area contributed by atoms with E-state index < -0.39 is 6.10 Å². The quantitative estimate of drug-likeness (QED) is 0.668. The minimum absolute atomic E-state index is 0.338. The van der Waals surface area contributed by atoms with Gasteiger partial charge in [-0.2, -0.15) is 0 Å². The molecular weight excluding hydrogens is 300 g/mol. The molecule has 24 heavy (non-hydrogen) atoms. The first kappa shape index (κ1) is 16.5. The van der Waals surface area contributed by atoms with Gasteiger partial charge in [0.05, 0.1) is 12.6 Å². The van der Waals surface area contributed by atoms with E-state index in [0.29, 0.717) is 6.54 Å². The van der Waals surface area contributed by atoms with Crippen LogP contribution in [0.2, 0.25) is 0 Å². The molecule has 0 saturated heterocycles. The molecule has 0 fully saturated rings. The highest BCUT2D eigenvalue weighted by atomic mass is 16.3. The minimum atomic E-state index is -0.612. The SMILES string of the molecule is CCNC(=NCC(O)c1ccncc1)N1CCc2ccccc2C1. The third-order valence-corrected chi connectivity index (χ3v) is 4.27. The van der Waals surface area contributed by atoms with Crippen LogP contribution in [0.5, 0.6) is 0 Å². The molecule has 1 aromatic carbocycles. The number of aliphatic imine (C=N–C) groups is 1. The Kier molecular flexibility index (Phi) is 5.43. The summed E-state index contributed by atoms with van der Waals surface area (Å²) < 4.78 is 0. The fourth-order valence-corrected chi connectivity index (χ4v) is 2.97. The second kappa shape index (κ2) is 7.93. The maximum atomic E-state index is 10.3. The predicted molar refractivity (Wildman–Crippen MR) is 95.7 cm³/mol. The molecule has 0 aliphatic carbocycles. The Hall–Kier alpha value is -2.40. The van der Waals surface area contributed by atoms with Crippen molar-refractivity contribution in [3.05, 3.63) is 65.5 Å². The number of pyridine rings is 1. The summed E-state index contributed by atoms with van der Waals surface area (Å²) >= 11 is 0. The van der Waals surface area contributed by atoms with Crippen LogP contribution >= 0.6 is 0 Å². The number of hydrogen-bond donors (Lipinski definition) is 2. The molecule has 2 N–H and O–H groups in total. The average molecular weight is 324 g/mol. The van der Waals surface area contributed by atoms with Gasteiger partial charge in [0, 0.05) is 32.0 Å². The summed E-state index contributed by atoms with van der Waals surface area (Å²) in [5.41, 5.74) is 3.61. The van der Waals surface area contributed by atoms with E-state index >= 15 is 0 Å². The highest BCUT2D eigenvalue weighted by Gasteiger charge is 2.19. The smallest absolute Gasteiger partial charge is 0.194 e. The Balaban J connectivity index is 1.70. The molecule has 0 amide bonds. The van der Waals surface area contributed by atoms with Gasteiger partial charge in [0.2, 0.25) is 0 Å². The van der Waals surface area contributed by atoms with Gasteiger partial charge in [-0.15, -0.1) is 0 Å². The fraction of sp³-hybridized carbons (Fsp3) is 0.368. The lowest BCUT2D eigenvalue weighted by Gasteiger charge is -2.31. The predicted octanol–water partition coefficient (Wildman–Crippen LogP) is 2.14. The highest BCUT2D eigenvalue weighted by molar-refractivity contribution is 5.80. The Bertz CT molecular complexity index is 687. The number of aromatic nitrogens is 1. The Morgan fingerprint density at radius 1 is 1.25 bits per heavy atom. The second-order valence-corrected chi connectivity index (χ2v) is 5.93. The lowest BCUT2D eigenvalue weighted by Crippen LogP contribution is -2.44. The van der Waals surface area contributed by atoms with Gasteiger partial charge in [-0.05, 0) is 42.2 Å². The lowest BCUT2D eigenvalue weighted by molar-refractivity contribution is 0.186. The Labute approximate surface area is 143 Å². The van der Waals surface area contributed by atoms with E-state index in [1.165, 1.54) is 11.1 Å². The van der Waals surface area contributed by atoms with Crippen molar-refractivity contribution in [2.75, 3.05) is 19.6 Å². The Morgan fingerprint density at radius 3 is 2.75 bits per heavy atom. The number of aliphatic hydroxyl groups is 1. The van der Waals surface area contributed by atoms with E-state index in [-0.39, 0.29) is 0 Å². The zero-order valence-electron chi connectivity index (χ0n) is 14.0. The molecule has 1 unspecified atom stereocenters. The maximum absolute atomic E-state index is 10.3. The first-order valence-electron chi connectivity index (χ1n) is 8.46. The molecule has 5 heteroatoms. The van der Waals surface area contributed by atoms with Crippen LogP contribution in [-0.4, -0.2) is 40.6 Å². The highest BCUT2D eigenvalue weighted by Crippen LogP contribution is 2.19. The zero-order valence-corrected chi connectivity index (χ0v) is 14.0. The molecule has 1 atom stereocenters. The number of aliphatic hydroxyl groups excluding tert-OH is 1. The molecule has 1 aliphatic rings. The van der Waals surface area contributed by atoms with E-state index in [4.69, 9.17) is 0 Å². The van der Waals surface area contributed by atoms with Crippen molar-refractivity contribution < 1.29 is 5.11 Å². The van der Waals surface area contributed by atoms with Crippen LogP contribution in [-0.2, 0) is 13.0 Å². The van der Waals surface area contributed by atoms with Gasteiger partial charge in [0.15, 0.2) is 5.96 Å². The van der Waals surface area contributed by atoms with Gasteiger partial charge >= 0.3 is 0 Å². The van der Waals surface area contributed by atoms with Crippen molar-refractivity contribution in [3.8, 4) is 0 Å². The molecule has 0 bridgehead atoms. The first-order valence-corrected chi connectivity index (χ1v) is 8.46. The fourth-order valence-electron chi connectivity index (χ4n) is 2.97. The van der Waals surface area contributed by atoms with Gasteiger partial charge in [0.25, 0.3) is 0 Å². The summed E-state index contributed by atoms with van der Waals surface area (Å²) in [4.78, 5) is 10.9. The lowest BCUT2D eigenvalue weighted by atomic mass is 10.0. The summed E-state index contributed by atoms with van der Waals surface area (Å²) in [6, 6.07) is 12.2. The monoisotopic (exact) mass is 324 g/mol. The minimum Gasteiger partial charge on any atom is -0.386 e. The third-order valence-electron chi connectivity index (χ3n) is 4.27. The van der Waals surface area contributed by atoms with Crippen LogP contribution in [0.15, 0.2) is 53.8 Å². The molecule has 5 nitrogen and oxygen atoms in total. The van der Waals surface area contributed by atoms with Crippen LogP contribution in [0.3, 0.4) is 0 Å². The van der Waals surface area contributed by atoms with Gasteiger partial charge < -0.3 is 15.3 Å². The molecule has 2 heterocycles. The van der Waals surface area contributed by atoms with Crippen molar-refractivity contribution in [2.24, 2.45) is 4.99 Å². The van der Waals surface area contributed by atoms with Gasteiger partial charge in [-0.1, -0.05) is 24.3 Å². The first-order chi connectivity index (χ1) is 11.8. The van der Waals surface area contributed by atoms with Gasteiger partial charge in [-0.25, -0.2) is 0 Å². The number of nitrogens with one attached hydrogen (secondary N) is 1. The molecule has 0 radical (unpaired) electrons. The van der Waals surface area contributed by atoms with E-state index in [2.05, 4.69) is 51.4 Å². The van der Waals surface area contributed by atoms with E-state index in [1.54, 1.807) is 12.4 Å². The van der Waals surface area contributed by atoms with Crippen molar-refractivity contribution in [3.63, 3.8) is 0 Å². The van der Waals surface area contributed by atoms with Crippen LogP contribution in [0, 0.1) is 0 Å². The van der Waals surface area contributed by atoms with Gasteiger partial charge in [-0.3, -0.25) is 9.98 Å². The number of fused-ring (bicyclic) bond motifs is 1. The standard InChI is InChI=1S/C19H24N4O/c1-2-21-19(22-13-18(24)16-7-10-20-11-8-16)23-12-9-15-5-3-4-6-17(15)14-23/h3-8,10-11,18,24H,2,9,12-14H2,1H3,(H,21,22). The topological polar surface area (TPSA) is 60.8 Å².